The van der Waals surface area contributed by atoms with E-state index in [0.717, 1.165) is 12.0 Å². The summed E-state index contributed by atoms with van der Waals surface area (Å²) >= 11 is 6.09. The molecule has 0 aromatic heterocycles. The number of nitrogens with zero attached hydrogens (tertiary/aromatic N) is 1. The molecule has 6 heteroatoms. The molecule has 4 nitrogen and oxygen atoms in total. The van der Waals surface area contributed by atoms with E-state index in [0.29, 0.717) is 13.0 Å². The van der Waals surface area contributed by atoms with E-state index in [9.17, 15) is 14.0 Å². The number of amides is 2. The van der Waals surface area contributed by atoms with Gasteiger partial charge in [-0.25, -0.2) is 4.39 Å². The maximum absolute atomic E-state index is 14.2. The molecule has 2 amide bonds. The van der Waals surface area contributed by atoms with Gasteiger partial charge in [0, 0.05) is 23.2 Å². The van der Waals surface area contributed by atoms with Crippen LogP contribution in [0.3, 0.4) is 0 Å². The molecule has 1 N–H and O–H groups in total. The average Bonchev–Trinajstić information content (AvgIpc) is 2.71. The van der Waals surface area contributed by atoms with Gasteiger partial charge < -0.3 is 10.2 Å². The second-order valence-electron chi connectivity index (χ2n) is 7.19. The summed E-state index contributed by atoms with van der Waals surface area (Å²) in [7, 11) is 0. The highest BCUT2D eigenvalue weighted by Gasteiger charge is 2.27. The predicted octanol–water partition coefficient (Wildman–Crippen LogP) is 4.40. The summed E-state index contributed by atoms with van der Waals surface area (Å²) in [5.74, 6) is -1.08. The van der Waals surface area contributed by atoms with E-state index < -0.39 is 11.9 Å². The van der Waals surface area contributed by atoms with E-state index in [1.165, 1.54) is 17.0 Å². The van der Waals surface area contributed by atoms with Crippen LogP contribution in [0.2, 0.25) is 5.02 Å². The molecule has 0 saturated heterocycles. The zero-order valence-corrected chi connectivity index (χ0v) is 17.9. The van der Waals surface area contributed by atoms with Crippen LogP contribution in [0.25, 0.3) is 0 Å². The fraction of sp³-hybridized carbons (Fsp3) is 0.391. The zero-order chi connectivity index (χ0) is 21.4. The van der Waals surface area contributed by atoms with E-state index in [1.54, 1.807) is 13.0 Å². The summed E-state index contributed by atoms with van der Waals surface area (Å²) in [6.07, 6.45) is 1.20. The largest absolute Gasteiger partial charge is 0.352 e. The number of halogens is 2. The van der Waals surface area contributed by atoms with Crippen LogP contribution >= 0.6 is 11.6 Å². The zero-order valence-electron chi connectivity index (χ0n) is 17.1. The van der Waals surface area contributed by atoms with Crippen LogP contribution in [0.5, 0.6) is 0 Å². The molecule has 0 fully saturated rings. The molecule has 2 atom stereocenters. The molecule has 2 rings (SSSR count). The molecule has 156 valence electrons. The fourth-order valence-electron chi connectivity index (χ4n) is 2.99. The lowest BCUT2D eigenvalue weighted by Crippen LogP contribution is -2.51. The predicted molar refractivity (Wildman–Crippen MR) is 114 cm³/mol. The summed E-state index contributed by atoms with van der Waals surface area (Å²) in [5.41, 5.74) is 1.21. The molecule has 0 bridgehead atoms. The molecule has 29 heavy (non-hydrogen) atoms. The van der Waals surface area contributed by atoms with Gasteiger partial charge >= 0.3 is 0 Å². The first-order valence-electron chi connectivity index (χ1n) is 9.90. The van der Waals surface area contributed by atoms with Crippen molar-refractivity contribution in [3.8, 4) is 0 Å². The van der Waals surface area contributed by atoms with E-state index in [1.807, 2.05) is 44.2 Å². The number of benzene rings is 2. The Hall–Kier alpha value is -2.40. The first kappa shape index (κ1) is 22.9. The number of carbonyl (C=O) groups is 2. The number of hydrogen-bond donors (Lipinski definition) is 1. The van der Waals surface area contributed by atoms with Crippen LogP contribution < -0.4 is 5.32 Å². The number of nitrogens with one attached hydrogen (secondary N) is 1. The molecule has 0 aliphatic rings. The normalized spacial score (nSPS) is 12.9. The van der Waals surface area contributed by atoms with Crippen molar-refractivity contribution in [2.45, 2.75) is 52.1 Å². The Morgan fingerprint density at radius 3 is 2.41 bits per heavy atom. The van der Waals surface area contributed by atoms with Crippen LogP contribution in [0.4, 0.5) is 4.39 Å². The molecule has 0 heterocycles. The van der Waals surface area contributed by atoms with E-state index in [4.69, 9.17) is 11.6 Å². The highest BCUT2D eigenvalue weighted by Crippen LogP contribution is 2.21. The molecule has 0 aliphatic carbocycles. The summed E-state index contributed by atoms with van der Waals surface area (Å²) < 4.78 is 14.2. The van der Waals surface area contributed by atoms with Gasteiger partial charge in [0.25, 0.3) is 0 Å². The van der Waals surface area contributed by atoms with Crippen LogP contribution in [0.1, 0.15) is 38.3 Å². The van der Waals surface area contributed by atoms with E-state index in [2.05, 4.69) is 5.32 Å². The summed E-state index contributed by atoms with van der Waals surface area (Å²) in [4.78, 5) is 27.2. The Bertz CT molecular complexity index is 809. The molecule has 0 spiro atoms. The van der Waals surface area contributed by atoms with Crippen LogP contribution in [0.15, 0.2) is 48.5 Å². The van der Waals surface area contributed by atoms with E-state index >= 15 is 0 Å². The van der Waals surface area contributed by atoms with Gasteiger partial charge in [-0.1, -0.05) is 54.9 Å². The van der Waals surface area contributed by atoms with Crippen molar-refractivity contribution >= 4 is 23.4 Å². The lowest BCUT2D eigenvalue weighted by Gasteiger charge is -2.30. The topological polar surface area (TPSA) is 49.4 Å². The summed E-state index contributed by atoms with van der Waals surface area (Å²) in [6, 6.07) is 13.4. The minimum absolute atomic E-state index is 0.0111. The quantitative estimate of drug-likeness (QED) is 0.656. The number of hydrogen-bond acceptors (Lipinski definition) is 2. The smallest absolute Gasteiger partial charge is 0.242 e. The molecule has 0 unspecified atom stereocenters. The minimum Gasteiger partial charge on any atom is -0.352 e. The Balaban J connectivity index is 2.20. The van der Waals surface area contributed by atoms with Crippen LogP contribution in [-0.2, 0) is 22.4 Å². The SMILES string of the molecule is CC[C@H](C)NC(=O)[C@@H](C)N(CCc1ccccc1)C(=O)Cc1c(F)cccc1Cl. The standard InChI is InChI=1S/C23H28ClFN2O2/c1-4-16(2)26-23(29)17(3)27(14-13-18-9-6-5-7-10-18)22(28)15-19-20(24)11-8-12-21(19)25/h5-12,16-17H,4,13-15H2,1-3H3,(H,26,29)/t16-,17+/m0/s1. The van der Waals surface area contributed by atoms with Crippen molar-refractivity contribution in [1.29, 1.82) is 0 Å². The highest BCUT2D eigenvalue weighted by molar-refractivity contribution is 6.31. The van der Waals surface area contributed by atoms with Gasteiger partial charge in [0.05, 0.1) is 6.42 Å². The first-order valence-corrected chi connectivity index (χ1v) is 10.3. The van der Waals surface area contributed by atoms with Gasteiger partial charge in [-0.15, -0.1) is 0 Å². The molecular formula is C23H28ClFN2O2. The van der Waals surface area contributed by atoms with Gasteiger partial charge in [0.15, 0.2) is 0 Å². The molecule has 2 aromatic carbocycles. The lowest BCUT2D eigenvalue weighted by molar-refractivity contribution is -0.139. The third-order valence-corrected chi connectivity index (χ3v) is 5.40. The van der Waals surface area contributed by atoms with Gasteiger partial charge in [-0.2, -0.15) is 0 Å². The third kappa shape index (κ3) is 6.57. The summed E-state index contributed by atoms with van der Waals surface area (Å²) in [6.45, 7) is 5.95. The first-order chi connectivity index (χ1) is 13.8. The molecule has 2 aromatic rings. The van der Waals surface area contributed by atoms with E-state index in [-0.39, 0.29) is 34.9 Å². The minimum atomic E-state index is -0.675. The van der Waals surface area contributed by atoms with Gasteiger partial charge in [-0.05, 0) is 44.4 Å². The van der Waals surface area contributed by atoms with Gasteiger partial charge in [0.2, 0.25) is 11.8 Å². The van der Waals surface area contributed by atoms with Crippen molar-refractivity contribution in [3.05, 3.63) is 70.5 Å². The third-order valence-electron chi connectivity index (χ3n) is 5.04. The van der Waals surface area contributed by atoms with Crippen molar-refractivity contribution in [1.82, 2.24) is 10.2 Å². The van der Waals surface area contributed by atoms with Crippen molar-refractivity contribution in [2.75, 3.05) is 6.54 Å². The Morgan fingerprint density at radius 1 is 1.10 bits per heavy atom. The summed E-state index contributed by atoms with van der Waals surface area (Å²) in [5, 5.41) is 3.12. The van der Waals surface area contributed by atoms with Crippen LogP contribution in [0, 0.1) is 5.82 Å². The van der Waals surface area contributed by atoms with Crippen molar-refractivity contribution in [2.24, 2.45) is 0 Å². The maximum atomic E-state index is 14.2. The van der Waals surface area contributed by atoms with Crippen molar-refractivity contribution in [3.63, 3.8) is 0 Å². The monoisotopic (exact) mass is 418 g/mol. The highest BCUT2D eigenvalue weighted by atomic mass is 35.5. The Morgan fingerprint density at radius 2 is 1.79 bits per heavy atom. The Labute approximate surface area is 177 Å². The number of rotatable bonds is 9. The second kappa shape index (κ2) is 11.0. The lowest BCUT2D eigenvalue weighted by atomic mass is 10.1. The number of carbonyl (C=O) groups excluding carboxylic acids is 2. The molecule has 0 radical (unpaired) electrons. The molecular weight excluding hydrogens is 391 g/mol. The molecule has 0 aliphatic heterocycles. The average molecular weight is 419 g/mol. The van der Waals surface area contributed by atoms with Crippen LogP contribution in [-0.4, -0.2) is 35.3 Å². The van der Waals surface area contributed by atoms with Gasteiger partial charge in [0.1, 0.15) is 11.9 Å². The fourth-order valence-corrected chi connectivity index (χ4v) is 3.22. The molecule has 0 saturated carbocycles. The van der Waals surface area contributed by atoms with Gasteiger partial charge in [-0.3, -0.25) is 9.59 Å². The van der Waals surface area contributed by atoms with Crippen molar-refractivity contribution < 1.29 is 14.0 Å². The maximum Gasteiger partial charge on any atom is 0.242 e. The Kier molecular flexibility index (Phi) is 8.65. The second-order valence-corrected chi connectivity index (χ2v) is 7.60.